The van der Waals surface area contributed by atoms with Crippen molar-refractivity contribution in [3.05, 3.63) is 53.9 Å². The first-order valence-corrected chi connectivity index (χ1v) is 9.55. The highest BCUT2D eigenvalue weighted by Gasteiger charge is 2.51. The number of nitrogens with zero attached hydrogens (tertiary/aromatic N) is 2. The topological polar surface area (TPSA) is 46.9 Å². The molecule has 2 aliphatic carbocycles. The molecule has 1 amide bonds. The van der Waals surface area contributed by atoms with E-state index in [1.54, 1.807) is 6.20 Å². The van der Waals surface area contributed by atoms with E-state index in [1.165, 1.54) is 31.2 Å². The van der Waals surface area contributed by atoms with Crippen LogP contribution in [0.5, 0.6) is 0 Å². The maximum atomic E-state index is 12.8. The first-order valence-electron chi connectivity index (χ1n) is 9.55. The number of nitrogens with one attached hydrogen (secondary N) is 1. The fourth-order valence-corrected chi connectivity index (χ4v) is 4.77. The van der Waals surface area contributed by atoms with Crippen molar-refractivity contribution in [2.75, 3.05) is 0 Å². The Morgan fingerprint density at radius 1 is 1.16 bits per heavy atom. The number of aromatic nitrogens is 2. The van der Waals surface area contributed by atoms with Crippen LogP contribution < -0.4 is 5.32 Å². The third kappa shape index (κ3) is 2.99. The van der Waals surface area contributed by atoms with Gasteiger partial charge < -0.3 is 5.32 Å². The van der Waals surface area contributed by atoms with E-state index in [0.29, 0.717) is 17.4 Å². The van der Waals surface area contributed by atoms with E-state index in [0.717, 1.165) is 5.92 Å². The second kappa shape index (κ2) is 6.66. The molecule has 4 rings (SSSR count). The van der Waals surface area contributed by atoms with Gasteiger partial charge in [0.25, 0.3) is 5.91 Å². The summed E-state index contributed by atoms with van der Waals surface area (Å²) in [6, 6.07) is 11.2. The lowest BCUT2D eigenvalue weighted by atomic mass is 9.53. The monoisotopic (exact) mass is 337 g/mol. The zero-order chi connectivity index (χ0) is 17.4. The van der Waals surface area contributed by atoms with Crippen molar-refractivity contribution < 1.29 is 4.79 Å². The summed E-state index contributed by atoms with van der Waals surface area (Å²) < 4.78 is 1.84. The normalized spacial score (nSPS) is 28.3. The summed E-state index contributed by atoms with van der Waals surface area (Å²) >= 11 is 0. The van der Waals surface area contributed by atoms with E-state index in [4.69, 9.17) is 0 Å². The Morgan fingerprint density at radius 3 is 2.56 bits per heavy atom. The first-order chi connectivity index (χ1) is 12.1. The predicted octanol–water partition coefficient (Wildman–Crippen LogP) is 4.17. The molecule has 1 N–H and O–H groups in total. The quantitative estimate of drug-likeness (QED) is 0.910. The van der Waals surface area contributed by atoms with Gasteiger partial charge in [-0.1, -0.05) is 43.2 Å². The molecule has 0 unspecified atom stereocenters. The Labute approximate surface area is 149 Å². The smallest absolute Gasteiger partial charge is 0.254 e. The third-order valence-electron chi connectivity index (χ3n) is 6.06. The summed E-state index contributed by atoms with van der Waals surface area (Å²) in [6.07, 6.45) is 8.69. The van der Waals surface area contributed by atoms with Gasteiger partial charge in [0.1, 0.15) is 0 Å². The molecule has 2 fully saturated rings. The van der Waals surface area contributed by atoms with Gasteiger partial charge in [0.15, 0.2) is 0 Å². The van der Waals surface area contributed by atoms with Crippen LogP contribution in [0.3, 0.4) is 0 Å². The number of rotatable bonds is 4. The number of hydrogen-bond acceptors (Lipinski definition) is 2. The zero-order valence-electron chi connectivity index (χ0n) is 15.1. The molecule has 0 spiro atoms. The predicted molar refractivity (Wildman–Crippen MR) is 98.5 cm³/mol. The van der Waals surface area contributed by atoms with E-state index in [9.17, 15) is 4.79 Å². The molecule has 2 saturated carbocycles. The molecule has 4 heteroatoms. The van der Waals surface area contributed by atoms with Crippen molar-refractivity contribution in [2.45, 2.75) is 57.5 Å². The fraction of sp³-hybridized carbons (Fsp3) is 0.524. The van der Waals surface area contributed by atoms with Crippen LogP contribution in [0.15, 0.2) is 42.7 Å². The van der Waals surface area contributed by atoms with E-state index >= 15 is 0 Å². The van der Waals surface area contributed by atoms with Gasteiger partial charge in [-0.05, 0) is 44.1 Å². The maximum absolute atomic E-state index is 12.8. The lowest BCUT2D eigenvalue weighted by Gasteiger charge is -2.55. The van der Waals surface area contributed by atoms with Crippen LogP contribution >= 0.6 is 0 Å². The molecule has 0 radical (unpaired) electrons. The van der Waals surface area contributed by atoms with Crippen molar-refractivity contribution in [3.8, 4) is 0 Å². The molecule has 4 atom stereocenters. The van der Waals surface area contributed by atoms with Gasteiger partial charge in [-0.15, -0.1) is 0 Å². The molecule has 1 aromatic heterocycles. The number of carbonyl (C=O) groups is 1. The average molecular weight is 337 g/mol. The van der Waals surface area contributed by atoms with Gasteiger partial charge >= 0.3 is 0 Å². The van der Waals surface area contributed by atoms with Crippen molar-refractivity contribution in [3.63, 3.8) is 0 Å². The molecular formula is C21H27N3O. The van der Waals surface area contributed by atoms with Gasteiger partial charge in [0.05, 0.1) is 11.8 Å². The number of carbonyl (C=O) groups excluding carboxylic acids is 1. The Kier molecular flexibility index (Phi) is 4.36. The lowest BCUT2D eigenvalue weighted by molar-refractivity contribution is 0.0252. The van der Waals surface area contributed by atoms with Crippen LogP contribution in [0.4, 0.5) is 0 Å². The van der Waals surface area contributed by atoms with Gasteiger partial charge in [-0.25, -0.2) is 0 Å². The minimum Gasteiger partial charge on any atom is -0.348 e. The molecule has 1 heterocycles. The average Bonchev–Trinajstić information content (AvgIpc) is 3.11. The van der Waals surface area contributed by atoms with E-state index < -0.39 is 0 Å². The highest BCUT2D eigenvalue weighted by molar-refractivity contribution is 5.94. The van der Waals surface area contributed by atoms with Gasteiger partial charge in [0, 0.05) is 24.2 Å². The molecule has 0 aliphatic heterocycles. The van der Waals surface area contributed by atoms with Crippen LogP contribution in [-0.2, 0) is 0 Å². The summed E-state index contributed by atoms with van der Waals surface area (Å²) in [7, 11) is 0. The SMILES string of the molecule is CC(C)n1cc(C(=O)N[C@H]2[C@@H]3CCCC[C@H]3[C@@H]2c2ccccc2)cn1. The van der Waals surface area contributed by atoms with Crippen LogP contribution in [0.1, 0.15) is 67.4 Å². The zero-order valence-corrected chi connectivity index (χ0v) is 15.1. The Hall–Kier alpha value is -2.10. The summed E-state index contributed by atoms with van der Waals surface area (Å²) in [6.45, 7) is 4.14. The summed E-state index contributed by atoms with van der Waals surface area (Å²) in [4.78, 5) is 12.8. The van der Waals surface area contributed by atoms with Crippen LogP contribution in [0.25, 0.3) is 0 Å². The van der Waals surface area contributed by atoms with Crippen LogP contribution in [0, 0.1) is 11.8 Å². The molecule has 0 bridgehead atoms. The highest BCUT2D eigenvalue weighted by atomic mass is 16.1. The van der Waals surface area contributed by atoms with Gasteiger partial charge in [0.2, 0.25) is 0 Å². The summed E-state index contributed by atoms with van der Waals surface area (Å²) in [5.41, 5.74) is 2.04. The molecule has 2 aromatic rings. The van der Waals surface area contributed by atoms with Crippen LogP contribution in [-0.4, -0.2) is 21.7 Å². The highest BCUT2D eigenvalue weighted by Crippen LogP contribution is 2.54. The van der Waals surface area contributed by atoms with E-state index in [-0.39, 0.29) is 18.0 Å². The molecule has 25 heavy (non-hydrogen) atoms. The number of benzene rings is 1. The number of amides is 1. The lowest BCUT2D eigenvalue weighted by Crippen LogP contribution is -2.59. The van der Waals surface area contributed by atoms with Crippen molar-refractivity contribution in [1.29, 1.82) is 0 Å². The molecule has 2 aliphatic rings. The third-order valence-corrected chi connectivity index (χ3v) is 6.06. The molecule has 0 saturated heterocycles. The first kappa shape index (κ1) is 16.4. The molecule has 132 valence electrons. The minimum absolute atomic E-state index is 0.0156. The van der Waals surface area contributed by atoms with E-state index in [1.807, 2.05) is 10.9 Å². The Bertz CT molecular complexity index is 737. The molecule has 4 nitrogen and oxygen atoms in total. The Balaban J connectivity index is 1.53. The Morgan fingerprint density at radius 2 is 1.88 bits per heavy atom. The standard InChI is InChI=1S/C21H27N3O/c1-14(2)24-13-16(12-22-24)21(25)23-20-18-11-7-6-10-17(18)19(20)15-8-4-3-5-9-15/h3-5,8-9,12-14,17-20H,6-7,10-11H2,1-2H3,(H,23,25)/t17-,18-,19+,20+/m1/s1. The van der Waals surface area contributed by atoms with Crippen LogP contribution in [0.2, 0.25) is 0 Å². The fourth-order valence-electron chi connectivity index (χ4n) is 4.77. The van der Waals surface area contributed by atoms with Crippen molar-refractivity contribution in [1.82, 2.24) is 15.1 Å². The summed E-state index contributed by atoms with van der Waals surface area (Å²) in [5.74, 6) is 1.82. The molecular weight excluding hydrogens is 310 g/mol. The maximum Gasteiger partial charge on any atom is 0.254 e. The van der Waals surface area contributed by atoms with Gasteiger partial charge in [-0.3, -0.25) is 9.48 Å². The summed E-state index contributed by atoms with van der Waals surface area (Å²) in [5, 5.41) is 7.64. The molecule has 1 aromatic carbocycles. The van der Waals surface area contributed by atoms with Crippen molar-refractivity contribution >= 4 is 5.91 Å². The second-order valence-corrected chi connectivity index (χ2v) is 7.85. The largest absolute Gasteiger partial charge is 0.348 e. The van der Waals surface area contributed by atoms with E-state index in [2.05, 4.69) is 54.6 Å². The minimum atomic E-state index is 0.0156. The number of hydrogen-bond donors (Lipinski definition) is 1. The van der Waals surface area contributed by atoms with Gasteiger partial charge in [-0.2, -0.15) is 5.10 Å². The number of fused-ring (bicyclic) bond motifs is 1. The van der Waals surface area contributed by atoms with Crippen molar-refractivity contribution in [2.24, 2.45) is 11.8 Å². The second-order valence-electron chi connectivity index (χ2n) is 7.85.